The molecule has 3 heteroatoms. The second-order valence-corrected chi connectivity index (χ2v) is 3.53. The molecule has 0 rings (SSSR count). The molecule has 1 radical (unpaired) electrons. The molecular formula is C3Br3. The van der Waals surface area contributed by atoms with Gasteiger partial charge >= 0.3 is 0 Å². The molecule has 0 fully saturated rings. The Balaban J connectivity index is 3.20. The molecule has 0 aromatic rings. The summed E-state index contributed by atoms with van der Waals surface area (Å²) in [4.78, 5) is 2.50. The summed E-state index contributed by atoms with van der Waals surface area (Å²) in [6, 6.07) is 0. The molecule has 6 heavy (non-hydrogen) atoms. The molecule has 0 aliphatic heterocycles. The molecular weight excluding hydrogens is 276 g/mol. The lowest BCUT2D eigenvalue weighted by Crippen LogP contribution is -1.55. The third-order valence-electron chi connectivity index (χ3n) is 0.142. The summed E-state index contributed by atoms with van der Waals surface area (Å²) < 4.78 is 0.756. The topological polar surface area (TPSA) is 0 Å². The second kappa shape index (κ2) is 4.17. The molecule has 0 atom stereocenters. The minimum atomic E-state index is 0.756. The monoisotopic (exact) mass is 273 g/mol. The van der Waals surface area contributed by atoms with E-state index in [9.17, 15) is 0 Å². The van der Waals surface area contributed by atoms with E-state index in [1.807, 2.05) is 0 Å². The maximum Gasteiger partial charge on any atom is 0.177 e. The van der Waals surface area contributed by atoms with Crippen molar-refractivity contribution in [3.05, 3.63) is 3.74 Å². The van der Waals surface area contributed by atoms with Crippen molar-refractivity contribution in [2.75, 3.05) is 0 Å². The Morgan fingerprint density at radius 3 is 1.83 bits per heavy atom. The Morgan fingerprint density at radius 1 is 1.33 bits per heavy atom. The smallest absolute Gasteiger partial charge is 0.0570 e. The van der Waals surface area contributed by atoms with Crippen molar-refractivity contribution in [1.82, 2.24) is 0 Å². The number of halogens is 3. The summed E-state index contributed by atoms with van der Waals surface area (Å²) >= 11 is 9.04. The molecule has 0 nitrogen and oxygen atoms in total. The van der Waals surface area contributed by atoms with E-state index in [0.717, 1.165) is 3.74 Å². The zero-order valence-corrected chi connectivity index (χ0v) is 7.39. The first-order chi connectivity index (χ1) is 2.77. The Hall–Kier alpha value is 1.00. The van der Waals surface area contributed by atoms with Gasteiger partial charge in [0.05, 0.1) is 0 Å². The van der Waals surface area contributed by atoms with Gasteiger partial charge in [0.15, 0.2) is 3.74 Å². The predicted octanol–water partition coefficient (Wildman–Crippen LogP) is 2.62. The molecule has 0 spiro atoms. The summed E-state index contributed by atoms with van der Waals surface area (Å²) in [5.74, 6) is 2.62. The van der Waals surface area contributed by atoms with Crippen LogP contribution in [0.25, 0.3) is 0 Å². The molecule has 0 saturated carbocycles. The third-order valence-corrected chi connectivity index (χ3v) is 0.736. The van der Waals surface area contributed by atoms with Crippen molar-refractivity contribution in [3.63, 3.8) is 0 Å². The van der Waals surface area contributed by atoms with Gasteiger partial charge in [-0.1, -0.05) is 37.8 Å². The van der Waals surface area contributed by atoms with Crippen molar-refractivity contribution >= 4 is 47.8 Å². The van der Waals surface area contributed by atoms with Gasteiger partial charge in [-0.2, -0.15) is 0 Å². The zero-order valence-electron chi connectivity index (χ0n) is 2.63. The lowest BCUT2D eigenvalue weighted by atomic mass is 10.8. The Labute approximate surface area is 62.1 Å². The van der Waals surface area contributed by atoms with Crippen molar-refractivity contribution in [1.29, 1.82) is 0 Å². The van der Waals surface area contributed by atoms with Crippen LogP contribution < -0.4 is 0 Å². The molecule has 0 aromatic heterocycles. The van der Waals surface area contributed by atoms with E-state index in [2.05, 4.69) is 58.5 Å². The van der Waals surface area contributed by atoms with Crippen molar-refractivity contribution in [2.45, 2.75) is 0 Å². The van der Waals surface area contributed by atoms with Crippen LogP contribution in [0.4, 0.5) is 0 Å². The second-order valence-electron chi connectivity index (χ2n) is 0.480. The van der Waals surface area contributed by atoms with E-state index in [-0.39, 0.29) is 0 Å². The summed E-state index contributed by atoms with van der Waals surface area (Å²) in [5, 5.41) is 0. The highest BCUT2D eigenvalue weighted by molar-refractivity contribution is 9.27. The van der Waals surface area contributed by atoms with Crippen LogP contribution in [0.15, 0.2) is 0 Å². The minimum absolute atomic E-state index is 0.756. The highest BCUT2D eigenvalue weighted by Gasteiger charge is 1.84. The quantitative estimate of drug-likeness (QED) is 0.596. The first kappa shape index (κ1) is 7.00. The molecule has 0 bridgehead atoms. The van der Waals surface area contributed by atoms with Gasteiger partial charge in [-0.3, -0.25) is 0 Å². The summed E-state index contributed by atoms with van der Waals surface area (Å²) in [7, 11) is 0. The van der Waals surface area contributed by atoms with Crippen LogP contribution in [0.1, 0.15) is 0 Å². The number of hydrogen-bond acceptors (Lipinski definition) is 0. The standard InChI is InChI=1S/C3Br3/c4-2-1-3(5)6. The average molecular weight is 276 g/mol. The number of hydrogen-bond donors (Lipinski definition) is 0. The first-order valence-corrected chi connectivity index (χ1v) is 3.45. The van der Waals surface area contributed by atoms with Crippen molar-refractivity contribution in [2.24, 2.45) is 0 Å². The van der Waals surface area contributed by atoms with Crippen LogP contribution in [0, 0.1) is 14.5 Å². The molecule has 0 amide bonds. The molecule has 33 valence electrons. The average Bonchev–Trinajstić information content (AvgIpc) is 1.35. The van der Waals surface area contributed by atoms with E-state index < -0.39 is 0 Å². The fourth-order valence-corrected chi connectivity index (χ4v) is 0.964. The normalized spacial score (nSPS) is 7.33. The van der Waals surface area contributed by atoms with Crippen molar-refractivity contribution in [3.8, 4) is 10.8 Å². The van der Waals surface area contributed by atoms with Gasteiger partial charge in [0.25, 0.3) is 0 Å². The largest absolute Gasteiger partial charge is 0.177 e. The first-order valence-electron chi connectivity index (χ1n) is 1.07. The molecule has 0 aromatic carbocycles. The summed E-state index contributed by atoms with van der Waals surface area (Å²) in [5.41, 5.74) is 0. The SMILES string of the molecule is BrC#C[C](Br)Br. The van der Waals surface area contributed by atoms with E-state index in [1.54, 1.807) is 0 Å². The predicted molar refractivity (Wildman–Crippen MR) is 37.8 cm³/mol. The Bertz CT molecular complexity index is 75.8. The van der Waals surface area contributed by atoms with Crippen LogP contribution in [0.2, 0.25) is 0 Å². The van der Waals surface area contributed by atoms with Crippen LogP contribution in [0.3, 0.4) is 0 Å². The zero-order chi connectivity index (χ0) is 4.99. The van der Waals surface area contributed by atoms with Gasteiger partial charge < -0.3 is 0 Å². The highest BCUT2D eigenvalue weighted by Crippen LogP contribution is 2.15. The van der Waals surface area contributed by atoms with Crippen LogP contribution >= 0.6 is 47.8 Å². The molecule has 0 unspecified atom stereocenters. The summed E-state index contributed by atoms with van der Waals surface area (Å²) in [6.45, 7) is 0. The fraction of sp³-hybridized carbons (Fsp3) is 0. The van der Waals surface area contributed by atoms with Crippen LogP contribution in [-0.2, 0) is 0 Å². The van der Waals surface area contributed by atoms with E-state index in [1.165, 1.54) is 0 Å². The Kier molecular flexibility index (Phi) is 4.86. The van der Waals surface area contributed by atoms with Gasteiger partial charge in [-0.15, -0.1) is 0 Å². The van der Waals surface area contributed by atoms with E-state index >= 15 is 0 Å². The van der Waals surface area contributed by atoms with Gasteiger partial charge in [0.2, 0.25) is 0 Å². The third kappa shape index (κ3) is 5.00. The molecule has 0 aliphatic rings. The highest BCUT2D eigenvalue weighted by atomic mass is 79.9. The fourth-order valence-electron chi connectivity index (χ4n) is 0.0357. The summed E-state index contributed by atoms with van der Waals surface area (Å²) in [6.07, 6.45) is 0. The number of rotatable bonds is 0. The lowest BCUT2D eigenvalue weighted by molar-refractivity contribution is 2.24. The van der Waals surface area contributed by atoms with Gasteiger partial charge in [-0.25, -0.2) is 0 Å². The Morgan fingerprint density at radius 2 is 1.83 bits per heavy atom. The van der Waals surface area contributed by atoms with E-state index in [4.69, 9.17) is 0 Å². The van der Waals surface area contributed by atoms with Crippen LogP contribution in [0.5, 0.6) is 0 Å². The van der Waals surface area contributed by atoms with Crippen LogP contribution in [-0.4, -0.2) is 0 Å². The maximum atomic E-state index is 3.06. The molecule has 0 heterocycles. The van der Waals surface area contributed by atoms with Gasteiger partial charge in [0, 0.05) is 15.9 Å². The molecule has 0 aliphatic carbocycles. The maximum absolute atomic E-state index is 3.06. The van der Waals surface area contributed by atoms with Gasteiger partial charge in [0.1, 0.15) is 0 Å². The molecule has 0 saturated heterocycles. The van der Waals surface area contributed by atoms with E-state index in [0.29, 0.717) is 0 Å². The minimum Gasteiger partial charge on any atom is -0.0570 e. The van der Waals surface area contributed by atoms with Crippen molar-refractivity contribution < 1.29 is 0 Å². The molecule has 0 N–H and O–H groups in total. The van der Waals surface area contributed by atoms with Gasteiger partial charge in [-0.05, 0) is 4.83 Å². The lowest BCUT2D eigenvalue weighted by Gasteiger charge is -1.73.